The number of halogens is 4. The Labute approximate surface area is 98.8 Å². The summed E-state index contributed by atoms with van der Waals surface area (Å²) in [6.07, 6.45) is -4.55. The number of benzene rings is 1. The molecule has 1 aromatic rings. The molecule has 0 aliphatic heterocycles. The van der Waals surface area contributed by atoms with Crippen molar-refractivity contribution in [1.29, 1.82) is 5.26 Å². The second-order valence-corrected chi connectivity index (χ2v) is 3.51. The predicted octanol–water partition coefficient (Wildman–Crippen LogP) is 3.48. The average molecular weight is 294 g/mol. The van der Waals surface area contributed by atoms with Crippen LogP contribution in [0.5, 0.6) is 5.75 Å². The van der Waals surface area contributed by atoms with Gasteiger partial charge in [0.15, 0.2) is 0 Å². The maximum absolute atomic E-state index is 12.6. The molecule has 1 rings (SSSR count). The van der Waals surface area contributed by atoms with Gasteiger partial charge in [-0.05, 0) is 12.1 Å². The van der Waals surface area contributed by atoms with Gasteiger partial charge in [-0.25, -0.2) is 0 Å². The van der Waals surface area contributed by atoms with E-state index in [1.54, 1.807) is 0 Å². The van der Waals surface area contributed by atoms with E-state index in [4.69, 9.17) is 10.00 Å². The summed E-state index contributed by atoms with van der Waals surface area (Å²) in [7, 11) is 1.29. The highest BCUT2D eigenvalue weighted by Crippen LogP contribution is 2.36. The molecule has 0 aliphatic rings. The van der Waals surface area contributed by atoms with Gasteiger partial charge >= 0.3 is 6.18 Å². The SMILES string of the molecule is COc1cc(C(F)(F)F)c(C#N)cc1CBr. The van der Waals surface area contributed by atoms with Crippen LogP contribution in [0, 0.1) is 11.3 Å². The number of methoxy groups -OCH3 is 1. The minimum atomic E-state index is -4.55. The Morgan fingerprint density at radius 3 is 2.44 bits per heavy atom. The minimum absolute atomic E-state index is 0.114. The molecule has 1 aromatic carbocycles. The van der Waals surface area contributed by atoms with Crippen molar-refractivity contribution in [2.45, 2.75) is 11.5 Å². The van der Waals surface area contributed by atoms with Gasteiger partial charge in [0.1, 0.15) is 5.75 Å². The second-order valence-electron chi connectivity index (χ2n) is 2.95. The van der Waals surface area contributed by atoms with Crippen molar-refractivity contribution in [3.63, 3.8) is 0 Å². The zero-order valence-corrected chi connectivity index (χ0v) is 9.82. The summed E-state index contributed by atoms with van der Waals surface area (Å²) in [5, 5.41) is 8.98. The van der Waals surface area contributed by atoms with Crippen LogP contribution in [0.25, 0.3) is 0 Å². The van der Waals surface area contributed by atoms with Crippen molar-refractivity contribution in [3.8, 4) is 11.8 Å². The van der Waals surface area contributed by atoms with E-state index in [0.29, 0.717) is 10.9 Å². The first-order chi connectivity index (χ1) is 7.43. The Bertz CT molecular complexity index is 437. The molecule has 0 atom stereocenters. The molecule has 0 fully saturated rings. The van der Waals surface area contributed by atoms with Gasteiger partial charge in [0, 0.05) is 10.9 Å². The van der Waals surface area contributed by atoms with Crippen molar-refractivity contribution in [2.24, 2.45) is 0 Å². The largest absolute Gasteiger partial charge is 0.496 e. The van der Waals surface area contributed by atoms with Crippen molar-refractivity contribution in [3.05, 3.63) is 28.8 Å². The molecule has 0 aromatic heterocycles. The van der Waals surface area contributed by atoms with E-state index >= 15 is 0 Å². The minimum Gasteiger partial charge on any atom is -0.496 e. The van der Waals surface area contributed by atoms with Crippen molar-refractivity contribution >= 4 is 15.9 Å². The molecule has 0 unspecified atom stereocenters. The van der Waals surface area contributed by atoms with Gasteiger partial charge < -0.3 is 4.74 Å². The summed E-state index contributed by atoms with van der Waals surface area (Å²) < 4.78 is 42.5. The molecular formula is C10H7BrF3NO. The molecule has 0 N–H and O–H groups in total. The highest BCUT2D eigenvalue weighted by atomic mass is 79.9. The highest BCUT2D eigenvalue weighted by molar-refractivity contribution is 9.08. The topological polar surface area (TPSA) is 33.0 Å². The van der Waals surface area contributed by atoms with Crippen LogP contribution in [0.4, 0.5) is 13.2 Å². The molecule has 0 amide bonds. The van der Waals surface area contributed by atoms with Crippen LogP contribution in [0.15, 0.2) is 12.1 Å². The predicted molar refractivity (Wildman–Crippen MR) is 55.3 cm³/mol. The van der Waals surface area contributed by atoms with Crippen LogP contribution in [0.2, 0.25) is 0 Å². The summed E-state index contributed by atoms with van der Waals surface area (Å²) in [6.45, 7) is 0. The first-order valence-electron chi connectivity index (χ1n) is 4.18. The molecule has 0 spiro atoms. The summed E-state index contributed by atoms with van der Waals surface area (Å²) in [6, 6.07) is 3.55. The monoisotopic (exact) mass is 293 g/mol. The fourth-order valence-corrected chi connectivity index (χ4v) is 1.68. The smallest absolute Gasteiger partial charge is 0.417 e. The molecule has 0 saturated carbocycles. The number of nitriles is 1. The summed E-state index contributed by atoms with van der Waals surface area (Å²) in [5.74, 6) is 0.114. The Balaban J connectivity index is 3.45. The van der Waals surface area contributed by atoms with Crippen LogP contribution in [0.1, 0.15) is 16.7 Å². The maximum atomic E-state index is 12.6. The molecule has 86 valence electrons. The molecule has 0 radical (unpaired) electrons. The quantitative estimate of drug-likeness (QED) is 0.782. The van der Waals surface area contributed by atoms with E-state index in [-0.39, 0.29) is 5.75 Å². The Morgan fingerprint density at radius 2 is 2.06 bits per heavy atom. The van der Waals surface area contributed by atoms with Gasteiger partial charge in [-0.3, -0.25) is 0 Å². The van der Waals surface area contributed by atoms with E-state index < -0.39 is 17.3 Å². The van der Waals surface area contributed by atoms with Gasteiger partial charge in [0.2, 0.25) is 0 Å². The number of hydrogen-bond acceptors (Lipinski definition) is 2. The van der Waals surface area contributed by atoms with Crippen molar-refractivity contribution in [2.75, 3.05) is 7.11 Å². The molecule has 0 bridgehead atoms. The van der Waals surface area contributed by atoms with Crippen LogP contribution >= 0.6 is 15.9 Å². The Hall–Kier alpha value is -1.22. The first-order valence-corrected chi connectivity index (χ1v) is 5.30. The van der Waals surface area contributed by atoms with Crippen LogP contribution in [-0.4, -0.2) is 7.11 Å². The lowest BCUT2D eigenvalue weighted by molar-refractivity contribution is -0.137. The Morgan fingerprint density at radius 1 is 1.44 bits per heavy atom. The molecule has 0 aliphatic carbocycles. The number of hydrogen-bond donors (Lipinski definition) is 0. The van der Waals surface area contributed by atoms with Crippen LogP contribution in [-0.2, 0) is 11.5 Å². The molecule has 2 nitrogen and oxygen atoms in total. The second kappa shape index (κ2) is 4.74. The fraction of sp³-hybridized carbons (Fsp3) is 0.300. The van der Waals surface area contributed by atoms with E-state index in [0.717, 1.165) is 6.07 Å². The lowest BCUT2D eigenvalue weighted by Crippen LogP contribution is -2.09. The van der Waals surface area contributed by atoms with Crippen LogP contribution < -0.4 is 4.74 Å². The van der Waals surface area contributed by atoms with Gasteiger partial charge in [0.25, 0.3) is 0 Å². The van der Waals surface area contributed by atoms with Crippen molar-refractivity contribution in [1.82, 2.24) is 0 Å². The molecular weight excluding hydrogens is 287 g/mol. The Kier molecular flexibility index (Phi) is 3.81. The molecule has 0 heterocycles. The number of alkyl halides is 4. The third kappa shape index (κ3) is 2.47. The van der Waals surface area contributed by atoms with Gasteiger partial charge in [-0.15, -0.1) is 0 Å². The third-order valence-corrected chi connectivity index (χ3v) is 2.59. The van der Waals surface area contributed by atoms with E-state index in [1.165, 1.54) is 19.2 Å². The first kappa shape index (κ1) is 12.8. The van der Waals surface area contributed by atoms with Crippen molar-refractivity contribution < 1.29 is 17.9 Å². The summed E-state index contributed by atoms with van der Waals surface area (Å²) in [4.78, 5) is 0. The molecule has 16 heavy (non-hydrogen) atoms. The fourth-order valence-electron chi connectivity index (χ4n) is 1.25. The van der Waals surface area contributed by atoms with E-state index in [1.807, 2.05) is 0 Å². The van der Waals surface area contributed by atoms with E-state index in [2.05, 4.69) is 15.9 Å². The summed E-state index contributed by atoms with van der Waals surface area (Å²) in [5.41, 5.74) is -0.869. The van der Waals surface area contributed by atoms with Crippen LogP contribution in [0.3, 0.4) is 0 Å². The van der Waals surface area contributed by atoms with Gasteiger partial charge in [-0.1, -0.05) is 15.9 Å². The third-order valence-electron chi connectivity index (χ3n) is 1.99. The summed E-state index contributed by atoms with van der Waals surface area (Å²) >= 11 is 3.12. The lowest BCUT2D eigenvalue weighted by atomic mass is 10.0. The number of ether oxygens (including phenoxy) is 1. The van der Waals surface area contributed by atoms with Gasteiger partial charge in [0.05, 0.1) is 24.3 Å². The zero-order chi connectivity index (χ0) is 12.3. The maximum Gasteiger partial charge on any atom is 0.417 e. The van der Waals surface area contributed by atoms with Gasteiger partial charge in [-0.2, -0.15) is 18.4 Å². The molecule has 6 heteroatoms. The zero-order valence-electron chi connectivity index (χ0n) is 8.23. The average Bonchev–Trinajstić information content (AvgIpc) is 2.25. The standard InChI is InChI=1S/C10H7BrF3NO/c1-16-9-3-8(10(12,13)14)7(5-15)2-6(9)4-11/h2-3H,4H2,1H3. The highest BCUT2D eigenvalue weighted by Gasteiger charge is 2.34. The molecule has 0 saturated heterocycles. The lowest BCUT2D eigenvalue weighted by Gasteiger charge is -2.13. The number of rotatable bonds is 2. The van der Waals surface area contributed by atoms with E-state index in [9.17, 15) is 13.2 Å². The number of nitrogens with zero attached hydrogens (tertiary/aromatic N) is 1. The normalized spacial score (nSPS) is 11.0.